The summed E-state index contributed by atoms with van der Waals surface area (Å²) in [4.78, 5) is 9.82. The van der Waals surface area contributed by atoms with E-state index in [0.717, 1.165) is 0 Å². The van der Waals surface area contributed by atoms with E-state index >= 15 is 0 Å². The topological polar surface area (TPSA) is 123 Å². The fourth-order valence-electron chi connectivity index (χ4n) is 1.49. The highest BCUT2D eigenvalue weighted by Gasteiger charge is 2.14. The number of aromatic nitrogens is 4. The number of hydrogen-bond donors (Lipinski definition) is 1. The van der Waals surface area contributed by atoms with Crippen LogP contribution in [0.2, 0.25) is 0 Å². The van der Waals surface area contributed by atoms with Crippen LogP contribution < -0.4 is 15.2 Å². The Morgan fingerprint density at radius 3 is 2.00 bits per heavy atom. The molecule has 0 spiro atoms. The third-order valence-electron chi connectivity index (χ3n) is 2.50. The van der Waals surface area contributed by atoms with Crippen molar-refractivity contribution in [1.29, 1.82) is 0 Å². The summed E-state index contributed by atoms with van der Waals surface area (Å²) in [6.07, 6.45) is 0. The van der Waals surface area contributed by atoms with Gasteiger partial charge in [0.2, 0.25) is 5.88 Å². The molecule has 10 heteroatoms. The van der Waals surface area contributed by atoms with Crippen LogP contribution in [0.1, 0.15) is 13.8 Å². The third kappa shape index (κ3) is 4.65. The van der Waals surface area contributed by atoms with Gasteiger partial charge >= 0.3 is 5.82 Å². The molecule has 0 saturated heterocycles. The van der Waals surface area contributed by atoms with E-state index in [1.165, 1.54) is 17.8 Å². The van der Waals surface area contributed by atoms with Gasteiger partial charge in [-0.2, -0.15) is 0 Å². The molecule has 0 bridgehead atoms. The Kier molecular flexibility index (Phi) is 6.17. The van der Waals surface area contributed by atoms with Crippen molar-refractivity contribution in [3.05, 3.63) is 22.2 Å². The van der Waals surface area contributed by atoms with Gasteiger partial charge in [0, 0.05) is 13.1 Å². The van der Waals surface area contributed by atoms with Crippen LogP contribution in [0, 0.1) is 10.1 Å². The molecule has 2 rings (SSSR count). The number of nitro groups is 1. The molecular formula is C12H20N6O4. The lowest BCUT2D eigenvalue weighted by Gasteiger charge is -1.93. The van der Waals surface area contributed by atoms with Gasteiger partial charge in [-0.05, 0) is 23.9 Å². The summed E-state index contributed by atoms with van der Waals surface area (Å²) < 4.78 is 12.8. The summed E-state index contributed by atoms with van der Waals surface area (Å²) in [5.41, 5.74) is 5.49. The van der Waals surface area contributed by atoms with Gasteiger partial charge in [0.05, 0.1) is 19.3 Å². The molecule has 0 aliphatic carbocycles. The van der Waals surface area contributed by atoms with Crippen molar-refractivity contribution in [2.75, 3.05) is 18.9 Å². The Morgan fingerprint density at radius 2 is 1.64 bits per heavy atom. The number of ether oxygens (including phenoxy) is 2. The lowest BCUT2D eigenvalue weighted by Crippen LogP contribution is -1.98. The van der Waals surface area contributed by atoms with Crippen molar-refractivity contribution >= 4 is 11.6 Å². The van der Waals surface area contributed by atoms with E-state index in [0.29, 0.717) is 24.9 Å². The van der Waals surface area contributed by atoms with Gasteiger partial charge in [-0.15, -0.1) is 9.78 Å². The van der Waals surface area contributed by atoms with Gasteiger partial charge in [-0.25, -0.2) is 4.68 Å². The SMILES string of the molecule is CCOc1cc(N)n(C)n1.CCOc1cc([N+](=O)[O-])n(C)n1. The summed E-state index contributed by atoms with van der Waals surface area (Å²) in [6, 6.07) is 2.99. The van der Waals surface area contributed by atoms with Gasteiger partial charge in [-0.1, -0.05) is 0 Å². The molecular weight excluding hydrogens is 292 g/mol. The molecule has 0 radical (unpaired) electrons. The second-order valence-electron chi connectivity index (χ2n) is 4.12. The van der Waals surface area contributed by atoms with Crippen LogP contribution in [-0.4, -0.2) is 37.7 Å². The predicted molar refractivity (Wildman–Crippen MR) is 79.8 cm³/mol. The standard InChI is InChI=1S/C6H9N3O3.C6H11N3O/c1-3-12-5-4-6(9(10)11)8(2)7-5;1-3-10-6-4-5(7)9(2)8-6/h4H,3H2,1-2H3;4H,3,7H2,1-2H3. The first-order valence-electron chi connectivity index (χ1n) is 6.62. The van der Waals surface area contributed by atoms with Crippen LogP contribution >= 0.6 is 0 Å². The third-order valence-corrected chi connectivity index (χ3v) is 2.50. The van der Waals surface area contributed by atoms with E-state index < -0.39 is 4.92 Å². The van der Waals surface area contributed by atoms with Crippen LogP contribution in [0.15, 0.2) is 12.1 Å². The number of hydrogen-bond acceptors (Lipinski definition) is 7. The van der Waals surface area contributed by atoms with E-state index in [-0.39, 0.29) is 11.7 Å². The van der Waals surface area contributed by atoms with Gasteiger partial charge in [0.15, 0.2) is 0 Å². The molecule has 2 N–H and O–H groups in total. The maximum Gasteiger partial charge on any atom is 0.348 e. The van der Waals surface area contributed by atoms with Gasteiger partial charge in [-0.3, -0.25) is 0 Å². The van der Waals surface area contributed by atoms with E-state index in [4.69, 9.17) is 15.2 Å². The van der Waals surface area contributed by atoms with Crippen molar-refractivity contribution in [2.45, 2.75) is 13.8 Å². The first kappa shape index (κ1) is 17.3. The Hall–Kier alpha value is -2.78. The number of aryl methyl sites for hydroxylation is 2. The van der Waals surface area contributed by atoms with E-state index in [1.807, 2.05) is 6.92 Å². The minimum atomic E-state index is -0.504. The molecule has 0 fully saturated rings. The summed E-state index contributed by atoms with van der Waals surface area (Å²) in [5, 5.41) is 18.1. The maximum absolute atomic E-state index is 10.3. The number of anilines is 1. The van der Waals surface area contributed by atoms with Crippen LogP contribution in [0.25, 0.3) is 0 Å². The van der Waals surface area contributed by atoms with Crippen molar-refractivity contribution in [3.63, 3.8) is 0 Å². The van der Waals surface area contributed by atoms with Gasteiger partial charge in [0.1, 0.15) is 12.9 Å². The number of nitrogen functional groups attached to an aromatic ring is 1. The zero-order valence-corrected chi connectivity index (χ0v) is 13.0. The molecule has 122 valence electrons. The molecule has 0 saturated carbocycles. The zero-order valence-electron chi connectivity index (χ0n) is 13.0. The number of nitrogens with zero attached hydrogens (tertiary/aromatic N) is 5. The predicted octanol–water partition coefficient (Wildman–Crippen LogP) is 1.13. The van der Waals surface area contributed by atoms with Crippen LogP contribution in [0.4, 0.5) is 11.6 Å². The molecule has 2 heterocycles. The van der Waals surface area contributed by atoms with E-state index in [1.54, 1.807) is 24.7 Å². The normalized spacial score (nSPS) is 9.82. The average Bonchev–Trinajstić information content (AvgIpc) is 2.95. The molecule has 2 aromatic heterocycles. The summed E-state index contributed by atoms with van der Waals surface area (Å²) in [5.74, 6) is 1.41. The highest BCUT2D eigenvalue weighted by molar-refractivity contribution is 5.33. The zero-order chi connectivity index (χ0) is 16.7. The maximum atomic E-state index is 10.3. The highest BCUT2D eigenvalue weighted by atomic mass is 16.6. The molecule has 0 unspecified atom stereocenters. The molecule has 2 aromatic rings. The summed E-state index contributed by atoms with van der Waals surface area (Å²) in [6.45, 7) is 4.77. The first-order chi connectivity index (χ1) is 10.4. The highest BCUT2D eigenvalue weighted by Crippen LogP contribution is 2.17. The Labute approximate surface area is 127 Å². The molecule has 22 heavy (non-hydrogen) atoms. The lowest BCUT2D eigenvalue weighted by molar-refractivity contribution is -0.392. The molecule has 0 atom stereocenters. The molecule has 0 aliphatic heterocycles. The Balaban J connectivity index is 0.000000224. The largest absolute Gasteiger partial charge is 0.477 e. The van der Waals surface area contributed by atoms with Crippen molar-refractivity contribution < 1.29 is 14.4 Å². The molecule has 0 aromatic carbocycles. The van der Waals surface area contributed by atoms with Crippen molar-refractivity contribution in [3.8, 4) is 11.8 Å². The Bertz CT molecular complexity index is 602. The molecule has 0 amide bonds. The minimum Gasteiger partial charge on any atom is -0.477 e. The smallest absolute Gasteiger partial charge is 0.348 e. The van der Waals surface area contributed by atoms with Crippen LogP contribution in [-0.2, 0) is 14.1 Å². The van der Waals surface area contributed by atoms with Crippen LogP contribution in [0.5, 0.6) is 11.8 Å². The lowest BCUT2D eigenvalue weighted by atomic mass is 10.6. The van der Waals surface area contributed by atoms with E-state index in [9.17, 15) is 10.1 Å². The number of nitrogens with two attached hydrogens (primary N) is 1. The fraction of sp³-hybridized carbons (Fsp3) is 0.500. The Morgan fingerprint density at radius 1 is 1.14 bits per heavy atom. The van der Waals surface area contributed by atoms with Gasteiger partial charge in [0.25, 0.3) is 5.88 Å². The second kappa shape index (κ2) is 7.86. The second-order valence-corrected chi connectivity index (χ2v) is 4.12. The van der Waals surface area contributed by atoms with Crippen molar-refractivity contribution in [1.82, 2.24) is 19.6 Å². The molecule has 10 nitrogen and oxygen atoms in total. The van der Waals surface area contributed by atoms with Crippen molar-refractivity contribution in [2.24, 2.45) is 14.1 Å². The number of rotatable bonds is 5. The van der Waals surface area contributed by atoms with Crippen LogP contribution in [0.3, 0.4) is 0 Å². The minimum absolute atomic E-state index is 0.0709. The van der Waals surface area contributed by atoms with Gasteiger partial charge < -0.3 is 25.3 Å². The average molecular weight is 312 g/mol. The quantitative estimate of drug-likeness (QED) is 0.648. The van der Waals surface area contributed by atoms with E-state index in [2.05, 4.69) is 10.2 Å². The first-order valence-corrected chi connectivity index (χ1v) is 6.62. The summed E-state index contributed by atoms with van der Waals surface area (Å²) in [7, 11) is 3.28. The fourth-order valence-corrected chi connectivity index (χ4v) is 1.49. The molecule has 0 aliphatic rings. The monoisotopic (exact) mass is 312 g/mol. The summed E-state index contributed by atoms with van der Waals surface area (Å²) >= 11 is 0.